The second kappa shape index (κ2) is 10.4. The number of halogens is 3. The number of aromatic nitrogens is 4. The van der Waals surface area contributed by atoms with Gasteiger partial charge < -0.3 is 9.80 Å². The minimum absolute atomic E-state index is 0.0598. The standard InChI is InChI=1S/C28H23F3N9O/c1-15-12-40(27(41)28(3,13-33)26(30)31)16(2)11-39(15)25-23-20(17-6-18(29)10-34-9-17)4-5-21(24(23)35-14-36-25)22-7-19(8-32)37-38-22/h4-7,10,14-16,26H,11-12H2,1-3H3,(H,37,38)/q+1/t15-,16+,28+/m0/s1. The van der Waals surface area contributed by atoms with Crippen LogP contribution >= 0.6 is 0 Å². The predicted molar refractivity (Wildman–Crippen MR) is 145 cm³/mol. The number of nitrogens with one attached hydrogen (secondary N) is 1. The summed E-state index contributed by atoms with van der Waals surface area (Å²) in [6, 6.07) is 7.61. The lowest BCUT2D eigenvalue weighted by Gasteiger charge is -2.46. The van der Waals surface area contributed by atoms with Crippen molar-refractivity contribution < 1.29 is 18.0 Å². The fraction of sp³-hybridized carbons (Fsp3) is 0.321. The van der Waals surface area contributed by atoms with Gasteiger partial charge in [-0.1, -0.05) is 6.07 Å². The molecule has 13 heteroatoms. The molecule has 4 heterocycles. The fourth-order valence-corrected chi connectivity index (χ4v) is 5.04. The van der Waals surface area contributed by atoms with Gasteiger partial charge in [0.15, 0.2) is 11.1 Å². The molecular formula is C28H23F3N9O+. The third kappa shape index (κ3) is 4.64. The van der Waals surface area contributed by atoms with Crippen molar-refractivity contribution in [2.45, 2.75) is 39.3 Å². The lowest BCUT2D eigenvalue weighted by molar-refractivity contribution is -0.148. The molecule has 1 aromatic carbocycles. The zero-order chi connectivity index (χ0) is 29.5. The molecule has 1 saturated heterocycles. The average Bonchev–Trinajstić information content (AvgIpc) is 3.45. The van der Waals surface area contributed by atoms with Crippen LogP contribution in [-0.2, 0) is 4.79 Å². The number of amides is 1. The van der Waals surface area contributed by atoms with E-state index in [0.29, 0.717) is 39.1 Å². The summed E-state index contributed by atoms with van der Waals surface area (Å²) in [7, 11) is 0. The molecule has 1 fully saturated rings. The highest BCUT2D eigenvalue weighted by Gasteiger charge is 2.48. The molecule has 0 radical (unpaired) electrons. The molecular weight excluding hydrogens is 535 g/mol. The van der Waals surface area contributed by atoms with Gasteiger partial charge >= 0.3 is 12.1 Å². The van der Waals surface area contributed by atoms with Gasteiger partial charge in [0.2, 0.25) is 11.7 Å². The van der Waals surface area contributed by atoms with Crippen LogP contribution in [0.2, 0.25) is 0 Å². The lowest BCUT2D eigenvalue weighted by Crippen LogP contribution is -2.61. The molecule has 1 amide bonds. The molecule has 2 aliphatic heterocycles. The quantitative estimate of drug-likeness (QED) is 0.475. The molecule has 1 N–H and O–H groups in total. The van der Waals surface area contributed by atoms with Gasteiger partial charge in [-0.3, -0.25) is 9.89 Å². The topological polar surface area (TPSA) is 140 Å². The number of anilines is 1. The lowest BCUT2D eigenvalue weighted by atomic mass is 9.89. The number of nitrogens with zero attached hydrogens (tertiary/aromatic N) is 8. The first kappa shape index (κ1) is 27.4. The fourth-order valence-electron chi connectivity index (χ4n) is 5.04. The highest BCUT2D eigenvalue weighted by atomic mass is 19.3. The van der Waals surface area contributed by atoms with E-state index in [-0.39, 0.29) is 18.8 Å². The Morgan fingerprint density at radius 1 is 1.22 bits per heavy atom. The second-order valence-corrected chi connectivity index (χ2v) is 10.1. The summed E-state index contributed by atoms with van der Waals surface area (Å²) in [5.41, 5.74) is 0.241. The van der Waals surface area contributed by atoms with E-state index >= 15 is 0 Å². The Morgan fingerprint density at radius 3 is 2.63 bits per heavy atom. The maximum atomic E-state index is 14.2. The summed E-state index contributed by atoms with van der Waals surface area (Å²) in [6.45, 7) is 4.76. The molecule has 0 aliphatic carbocycles. The minimum atomic E-state index is -3.15. The van der Waals surface area contributed by atoms with Crippen LogP contribution in [-0.4, -0.2) is 74.7 Å². The van der Waals surface area contributed by atoms with E-state index in [2.05, 4.69) is 30.7 Å². The molecule has 2 aromatic heterocycles. The summed E-state index contributed by atoms with van der Waals surface area (Å²) in [4.78, 5) is 25.4. The Morgan fingerprint density at radius 2 is 1.98 bits per heavy atom. The number of hydrogen-bond acceptors (Lipinski definition) is 7. The Bertz CT molecular complexity index is 1790. The van der Waals surface area contributed by atoms with Crippen molar-refractivity contribution in [1.82, 2.24) is 29.7 Å². The molecule has 206 valence electrons. The average molecular weight is 559 g/mol. The number of fused-ring (bicyclic) bond motifs is 1. The molecule has 3 atom stereocenters. The van der Waals surface area contributed by atoms with Crippen LogP contribution in [0.15, 0.2) is 36.4 Å². The Labute approximate surface area is 232 Å². The van der Waals surface area contributed by atoms with Crippen LogP contribution in [0.4, 0.5) is 19.0 Å². The van der Waals surface area contributed by atoms with Gasteiger partial charge in [0.25, 0.3) is 6.43 Å². The van der Waals surface area contributed by atoms with Gasteiger partial charge in [0.05, 0.1) is 22.7 Å². The summed E-state index contributed by atoms with van der Waals surface area (Å²) < 4.78 is 45.5. The van der Waals surface area contributed by atoms with Crippen molar-refractivity contribution in [1.29, 1.82) is 10.5 Å². The van der Waals surface area contributed by atoms with Crippen molar-refractivity contribution in [3.63, 3.8) is 0 Å². The zero-order valence-electron chi connectivity index (χ0n) is 22.2. The van der Waals surface area contributed by atoms with Crippen molar-refractivity contribution in [2.24, 2.45) is 5.41 Å². The van der Waals surface area contributed by atoms with Crippen LogP contribution in [0.25, 0.3) is 27.7 Å². The van der Waals surface area contributed by atoms with Crippen LogP contribution in [0, 0.1) is 28.1 Å². The third-order valence-corrected chi connectivity index (χ3v) is 7.33. The Hall–Kier alpha value is -5.22. The molecule has 10 nitrogen and oxygen atoms in total. The van der Waals surface area contributed by atoms with E-state index in [1.165, 1.54) is 23.4 Å². The number of piperazine rings is 1. The number of aromatic amines is 1. The zero-order valence-corrected chi connectivity index (χ0v) is 22.2. The molecule has 0 bridgehead atoms. The first-order chi connectivity index (χ1) is 19.6. The normalized spacial score (nSPS) is 19.9. The first-order valence-electron chi connectivity index (χ1n) is 12.6. The van der Waals surface area contributed by atoms with E-state index in [9.17, 15) is 28.5 Å². The molecule has 0 unspecified atom stereocenters. The summed E-state index contributed by atoms with van der Waals surface area (Å²) in [5.74, 6) is 1.79. The van der Waals surface area contributed by atoms with E-state index in [1.54, 1.807) is 25.1 Å². The number of H-pyrrole nitrogens is 1. The molecule has 0 saturated carbocycles. The van der Waals surface area contributed by atoms with Crippen molar-refractivity contribution >= 4 is 40.3 Å². The number of benzene rings is 1. The summed E-state index contributed by atoms with van der Waals surface area (Å²) >= 11 is 0. The maximum Gasteiger partial charge on any atom is 0.341 e. The molecule has 3 aromatic rings. The molecule has 41 heavy (non-hydrogen) atoms. The van der Waals surface area contributed by atoms with Gasteiger partial charge in [-0.15, -0.1) is 0 Å². The van der Waals surface area contributed by atoms with Crippen molar-refractivity contribution in [3.8, 4) is 23.4 Å². The van der Waals surface area contributed by atoms with Gasteiger partial charge in [0, 0.05) is 48.4 Å². The maximum absolute atomic E-state index is 14.2. The van der Waals surface area contributed by atoms with Crippen molar-refractivity contribution in [2.75, 3.05) is 18.0 Å². The monoisotopic (exact) mass is 558 g/mol. The summed E-state index contributed by atoms with van der Waals surface area (Å²) in [5, 5.41) is 26.0. The summed E-state index contributed by atoms with van der Waals surface area (Å²) in [6.07, 6.45) is 0.559. The highest BCUT2D eigenvalue weighted by Crippen LogP contribution is 2.39. The van der Waals surface area contributed by atoms with Gasteiger partial charge in [0.1, 0.15) is 23.8 Å². The van der Waals surface area contributed by atoms with Crippen LogP contribution < -0.4 is 9.57 Å². The largest absolute Gasteiger partial charge is 0.349 e. The van der Waals surface area contributed by atoms with Gasteiger partial charge in [-0.2, -0.15) is 20.0 Å². The number of allylic oxidation sites excluding steroid dienone is 3. The number of hydrogen-bond donors (Lipinski definition) is 1. The van der Waals surface area contributed by atoms with Crippen LogP contribution in [0.3, 0.4) is 0 Å². The highest BCUT2D eigenvalue weighted by molar-refractivity contribution is 6.12. The second-order valence-electron chi connectivity index (χ2n) is 10.1. The molecule has 0 spiro atoms. The number of carbonyl (C=O) groups is 1. The van der Waals surface area contributed by atoms with E-state index in [4.69, 9.17) is 0 Å². The molecule has 5 rings (SSSR count). The first-order valence-corrected chi connectivity index (χ1v) is 12.6. The van der Waals surface area contributed by atoms with Gasteiger partial charge in [-0.05, 0) is 31.5 Å². The molecule has 2 aliphatic rings. The van der Waals surface area contributed by atoms with E-state index < -0.39 is 35.7 Å². The van der Waals surface area contributed by atoms with Crippen LogP contribution in [0.5, 0.6) is 0 Å². The SMILES string of the molecule is C[C@@H]1CN(c2ncnc3c(-c4cc(C#N)n[nH]4)ccc(C4=C=[N+]=CC(F)=C4)c23)[C@@H](C)CN1C(=O)[C@](C)(C#N)C(F)F. The Kier molecular flexibility index (Phi) is 6.94. The predicted octanol–water partition coefficient (Wildman–Crippen LogP) is 3.17. The van der Waals surface area contributed by atoms with E-state index in [1.807, 2.05) is 17.9 Å². The number of carbonyl (C=O) groups excluding carboxylic acids is 1. The Balaban J connectivity index is 1.65. The van der Waals surface area contributed by atoms with Crippen molar-refractivity contribution in [3.05, 3.63) is 47.7 Å². The van der Waals surface area contributed by atoms with Crippen LogP contribution in [0.1, 0.15) is 32.0 Å². The van der Waals surface area contributed by atoms with Gasteiger partial charge in [-0.25, -0.2) is 18.7 Å². The number of rotatable bonds is 5. The smallest absolute Gasteiger partial charge is 0.341 e. The third-order valence-electron chi connectivity index (χ3n) is 7.33. The number of nitriles is 2. The van der Waals surface area contributed by atoms with E-state index in [0.717, 1.165) is 13.1 Å². The minimum Gasteiger partial charge on any atom is -0.349 e. The number of alkyl halides is 2.